The standard InChI is InChI=1S/C6H5N3.C6H10S/c1-2-4-6-5(3-1)7-9-8-6;1-3-5-7-6-4-2/h1-4H,(H,7,8,9);3-4H,1-2,5-6H2. The molecule has 16 heavy (non-hydrogen) atoms. The molecule has 0 bridgehead atoms. The summed E-state index contributed by atoms with van der Waals surface area (Å²) in [5.41, 5.74) is 1.83. The summed E-state index contributed by atoms with van der Waals surface area (Å²) in [6, 6.07) is 7.70. The minimum absolute atomic E-state index is 0.914. The van der Waals surface area contributed by atoms with E-state index in [1.54, 1.807) is 0 Å². The van der Waals surface area contributed by atoms with Crippen LogP contribution in [-0.2, 0) is 0 Å². The fourth-order valence-electron chi connectivity index (χ4n) is 1.02. The molecule has 0 saturated heterocycles. The highest BCUT2D eigenvalue weighted by Crippen LogP contribution is 2.03. The number of fused-ring (bicyclic) bond motifs is 1. The summed E-state index contributed by atoms with van der Waals surface area (Å²) in [5, 5.41) is 10.3. The van der Waals surface area contributed by atoms with Crippen LogP contribution in [0.1, 0.15) is 0 Å². The summed E-state index contributed by atoms with van der Waals surface area (Å²) in [4.78, 5) is 0. The molecular weight excluding hydrogens is 218 g/mol. The van der Waals surface area contributed by atoms with Crippen molar-refractivity contribution in [3.8, 4) is 0 Å². The number of nitrogens with zero attached hydrogens (tertiary/aromatic N) is 2. The van der Waals surface area contributed by atoms with Gasteiger partial charge in [0.05, 0.1) is 0 Å². The van der Waals surface area contributed by atoms with Crippen molar-refractivity contribution in [1.82, 2.24) is 15.4 Å². The van der Waals surface area contributed by atoms with Gasteiger partial charge in [-0.15, -0.1) is 13.2 Å². The minimum atomic E-state index is 0.914. The zero-order valence-electron chi connectivity index (χ0n) is 9.10. The number of benzene rings is 1. The van der Waals surface area contributed by atoms with Crippen LogP contribution < -0.4 is 0 Å². The zero-order chi connectivity index (χ0) is 11.6. The molecule has 0 amide bonds. The van der Waals surface area contributed by atoms with Crippen molar-refractivity contribution in [3.05, 3.63) is 49.6 Å². The highest BCUT2D eigenvalue weighted by atomic mass is 32.2. The van der Waals surface area contributed by atoms with Gasteiger partial charge in [0.1, 0.15) is 11.0 Å². The predicted molar refractivity (Wildman–Crippen MR) is 71.6 cm³/mol. The van der Waals surface area contributed by atoms with E-state index in [1.165, 1.54) is 0 Å². The molecule has 4 heteroatoms. The van der Waals surface area contributed by atoms with Gasteiger partial charge in [0, 0.05) is 11.5 Å². The minimum Gasteiger partial charge on any atom is -0.197 e. The van der Waals surface area contributed by atoms with E-state index >= 15 is 0 Å². The van der Waals surface area contributed by atoms with Crippen LogP contribution in [0.15, 0.2) is 49.6 Å². The van der Waals surface area contributed by atoms with E-state index < -0.39 is 0 Å². The van der Waals surface area contributed by atoms with Gasteiger partial charge in [-0.05, 0) is 12.1 Å². The number of para-hydroxylation sites is 2. The molecule has 0 saturated carbocycles. The van der Waals surface area contributed by atoms with Gasteiger partial charge in [-0.2, -0.15) is 27.2 Å². The second-order valence-corrected chi connectivity index (χ2v) is 4.00. The molecular formula is C12H15N3S. The number of aromatic nitrogens is 3. The van der Waals surface area contributed by atoms with Gasteiger partial charge < -0.3 is 0 Å². The fourth-order valence-corrected chi connectivity index (χ4v) is 1.49. The topological polar surface area (TPSA) is 41.6 Å². The molecule has 0 fully saturated rings. The maximum atomic E-state index is 3.88. The van der Waals surface area contributed by atoms with Crippen molar-refractivity contribution >= 4 is 22.8 Å². The molecule has 1 heterocycles. The van der Waals surface area contributed by atoms with Crippen LogP contribution in [-0.4, -0.2) is 26.9 Å². The SMILES string of the molecule is C=CCSCC=C.c1ccc2n[nH]nc2c1. The van der Waals surface area contributed by atoms with Crippen LogP contribution >= 0.6 is 11.8 Å². The van der Waals surface area contributed by atoms with Gasteiger partial charge in [-0.25, -0.2) is 0 Å². The molecule has 0 aliphatic rings. The van der Waals surface area contributed by atoms with Gasteiger partial charge in [-0.1, -0.05) is 24.3 Å². The lowest BCUT2D eigenvalue weighted by Gasteiger charge is -1.85. The third-order valence-corrected chi connectivity index (χ3v) is 2.64. The first-order valence-electron chi connectivity index (χ1n) is 4.93. The molecule has 1 aromatic heterocycles. The summed E-state index contributed by atoms with van der Waals surface area (Å²) >= 11 is 1.82. The Bertz CT molecular complexity index is 398. The number of hydrogen-bond acceptors (Lipinski definition) is 3. The molecule has 0 spiro atoms. The predicted octanol–water partition coefficient (Wildman–Crippen LogP) is 3.05. The number of rotatable bonds is 4. The van der Waals surface area contributed by atoms with Crippen LogP contribution in [0.4, 0.5) is 0 Å². The Labute approximate surface area is 99.6 Å². The van der Waals surface area contributed by atoms with Crippen LogP contribution in [0.25, 0.3) is 11.0 Å². The fraction of sp³-hybridized carbons (Fsp3) is 0.167. The molecule has 1 aromatic carbocycles. The summed E-state index contributed by atoms with van der Waals surface area (Å²) in [6.07, 6.45) is 3.79. The van der Waals surface area contributed by atoms with E-state index in [-0.39, 0.29) is 0 Å². The van der Waals surface area contributed by atoms with Crippen molar-refractivity contribution in [2.75, 3.05) is 11.5 Å². The van der Waals surface area contributed by atoms with Crippen molar-refractivity contribution in [2.24, 2.45) is 0 Å². The summed E-state index contributed by atoms with van der Waals surface area (Å²) in [5.74, 6) is 2.07. The lowest BCUT2D eigenvalue weighted by Crippen LogP contribution is -1.69. The smallest absolute Gasteiger partial charge is 0.112 e. The monoisotopic (exact) mass is 233 g/mol. The Morgan fingerprint density at radius 3 is 2.00 bits per heavy atom. The van der Waals surface area contributed by atoms with E-state index in [1.807, 2.05) is 48.2 Å². The number of hydrogen-bond donors (Lipinski definition) is 1. The van der Waals surface area contributed by atoms with Crippen molar-refractivity contribution in [3.63, 3.8) is 0 Å². The molecule has 84 valence electrons. The molecule has 0 radical (unpaired) electrons. The number of H-pyrrole nitrogens is 1. The number of nitrogens with one attached hydrogen (secondary N) is 1. The number of thioether (sulfide) groups is 1. The molecule has 0 aliphatic heterocycles. The zero-order valence-corrected chi connectivity index (χ0v) is 9.91. The Morgan fingerprint density at radius 1 is 1.06 bits per heavy atom. The van der Waals surface area contributed by atoms with Crippen LogP contribution in [0, 0.1) is 0 Å². The van der Waals surface area contributed by atoms with Crippen molar-refractivity contribution in [2.45, 2.75) is 0 Å². The Balaban J connectivity index is 0.000000168. The highest BCUT2D eigenvalue weighted by Gasteiger charge is 1.90. The van der Waals surface area contributed by atoms with Crippen LogP contribution in [0.5, 0.6) is 0 Å². The Morgan fingerprint density at radius 2 is 1.56 bits per heavy atom. The van der Waals surface area contributed by atoms with Crippen molar-refractivity contribution in [1.29, 1.82) is 0 Å². The average Bonchev–Trinajstić information content (AvgIpc) is 2.78. The second-order valence-electron chi connectivity index (χ2n) is 2.93. The van der Waals surface area contributed by atoms with E-state index in [2.05, 4.69) is 28.6 Å². The van der Waals surface area contributed by atoms with Crippen LogP contribution in [0.3, 0.4) is 0 Å². The Kier molecular flexibility index (Phi) is 6.03. The van der Waals surface area contributed by atoms with Gasteiger partial charge in [-0.3, -0.25) is 0 Å². The molecule has 0 aliphatic carbocycles. The summed E-state index contributed by atoms with van der Waals surface area (Å²) in [6.45, 7) is 7.15. The highest BCUT2D eigenvalue weighted by molar-refractivity contribution is 7.99. The first kappa shape index (κ1) is 12.5. The van der Waals surface area contributed by atoms with E-state index in [9.17, 15) is 0 Å². The lowest BCUT2D eigenvalue weighted by molar-refractivity contribution is 0.959. The van der Waals surface area contributed by atoms with Gasteiger partial charge >= 0.3 is 0 Å². The Hall–Kier alpha value is -1.55. The normalized spacial score (nSPS) is 9.25. The second kappa shape index (κ2) is 7.70. The molecule has 2 rings (SSSR count). The van der Waals surface area contributed by atoms with Crippen LogP contribution in [0.2, 0.25) is 0 Å². The largest absolute Gasteiger partial charge is 0.197 e. The van der Waals surface area contributed by atoms with Crippen molar-refractivity contribution < 1.29 is 0 Å². The third-order valence-electron chi connectivity index (χ3n) is 1.69. The van der Waals surface area contributed by atoms with E-state index in [4.69, 9.17) is 0 Å². The van der Waals surface area contributed by atoms with Gasteiger partial charge in [0.15, 0.2) is 0 Å². The average molecular weight is 233 g/mol. The van der Waals surface area contributed by atoms with E-state index in [0.717, 1.165) is 22.5 Å². The summed E-state index contributed by atoms with van der Waals surface area (Å²) in [7, 11) is 0. The van der Waals surface area contributed by atoms with E-state index in [0.29, 0.717) is 0 Å². The molecule has 0 atom stereocenters. The molecule has 2 aromatic rings. The maximum absolute atomic E-state index is 3.88. The van der Waals surface area contributed by atoms with Gasteiger partial charge in [0.25, 0.3) is 0 Å². The van der Waals surface area contributed by atoms with Gasteiger partial charge in [0.2, 0.25) is 0 Å². The summed E-state index contributed by atoms with van der Waals surface area (Å²) < 4.78 is 0. The molecule has 3 nitrogen and oxygen atoms in total. The lowest BCUT2D eigenvalue weighted by atomic mass is 10.3. The first-order chi connectivity index (χ1) is 7.88. The maximum Gasteiger partial charge on any atom is 0.112 e. The number of aromatic amines is 1. The quantitative estimate of drug-likeness (QED) is 0.652. The molecule has 0 unspecified atom stereocenters. The first-order valence-corrected chi connectivity index (χ1v) is 6.09. The third kappa shape index (κ3) is 4.31. The molecule has 1 N–H and O–H groups in total.